The lowest BCUT2D eigenvalue weighted by Gasteiger charge is -2.28. The second-order valence-corrected chi connectivity index (χ2v) is 10.5. The van der Waals surface area contributed by atoms with Gasteiger partial charge in [-0.2, -0.15) is 0 Å². The summed E-state index contributed by atoms with van der Waals surface area (Å²) in [6.45, 7) is 2.27. The summed E-state index contributed by atoms with van der Waals surface area (Å²) >= 11 is 6.14. The van der Waals surface area contributed by atoms with Crippen molar-refractivity contribution >= 4 is 44.1 Å². The molecule has 0 unspecified atom stereocenters. The van der Waals surface area contributed by atoms with Gasteiger partial charge >= 0.3 is 0 Å². The number of hydrogen-bond acceptors (Lipinski definition) is 4. The van der Waals surface area contributed by atoms with Crippen molar-refractivity contribution in [2.24, 2.45) is 11.8 Å². The topological polar surface area (TPSA) is 88.2 Å². The standard InChI is InChI=1S/C24H26ClN3O3S/c1-16-7-12-20(14-21(16)25)28-24(29)19-10-8-17(9-11-19)15-27-32(30,31)22-6-2-4-18-5-3-13-26-23(18)22/h2-7,12-14,17,19,27H,8-11,15H2,1H3,(H,28,29). The molecule has 1 fully saturated rings. The van der Waals surface area contributed by atoms with E-state index in [0.717, 1.165) is 36.6 Å². The van der Waals surface area contributed by atoms with Crippen molar-refractivity contribution in [2.75, 3.05) is 11.9 Å². The van der Waals surface area contributed by atoms with Crippen LogP contribution in [-0.2, 0) is 14.8 Å². The minimum Gasteiger partial charge on any atom is -0.326 e. The van der Waals surface area contributed by atoms with Crippen molar-refractivity contribution in [2.45, 2.75) is 37.5 Å². The van der Waals surface area contributed by atoms with Crippen LogP contribution in [0.3, 0.4) is 0 Å². The van der Waals surface area contributed by atoms with E-state index in [1.807, 2.05) is 31.2 Å². The quantitative estimate of drug-likeness (QED) is 0.534. The molecule has 0 radical (unpaired) electrons. The van der Waals surface area contributed by atoms with Crippen LogP contribution in [0.1, 0.15) is 31.2 Å². The highest BCUT2D eigenvalue weighted by molar-refractivity contribution is 7.89. The van der Waals surface area contributed by atoms with Crippen LogP contribution in [0, 0.1) is 18.8 Å². The molecular weight excluding hydrogens is 446 g/mol. The van der Waals surface area contributed by atoms with Crippen LogP contribution < -0.4 is 10.0 Å². The lowest BCUT2D eigenvalue weighted by molar-refractivity contribution is -0.121. The number of carbonyl (C=O) groups is 1. The number of aromatic nitrogens is 1. The molecule has 2 N–H and O–H groups in total. The molecule has 1 aromatic heterocycles. The van der Waals surface area contributed by atoms with Crippen LogP contribution in [0.25, 0.3) is 10.9 Å². The largest absolute Gasteiger partial charge is 0.326 e. The molecule has 0 saturated heterocycles. The predicted molar refractivity (Wildman–Crippen MR) is 127 cm³/mol. The third-order valence-electron chi connectivity index (χ3n) is 6.10. The number of nitrogens with zero attached hydrogens (tertiary/aromatic N) is 1. The van der Waals surface area contributed by atoms with Crippen molar-refractivity contribution in [3.05, 3.63) is 65.3 Å². The highest BCUT2D eigenvalue weighted by atomic mass is 35.5. The average Bonchev–Trinajstić information content (AvgIpc) is 2.80. The number of benzene rings is 2. The molecule has 3 aromatic rings. The summed E-state index contributed by atoms with van der Waals surface area (Å²) in [6, 6.07) is 14.3. The minimum absolute atomic E-state index is 0.00854. The van der Waals surface area contributed by atoms with E-state index in [4.69, 9.17) is 11.6 Å². The van der Waals surface area contributed by atoms with Crippen molar-refractivity contribution in [3.63, 3.8) is 0 Å². The number of aryl methyl sites for hydroxylation is 1. The molecule has 0 aliphatic heterocycles. The van der Waals surface area contributed by atoms with Crippen LogP contribution in [-0.4, -0.2) is 25.9 Å². The van der Waals surface area contributed by atoms with Gasteiger partial charge in [-0.15, -0.1) is 0 Å². The number of fused-ring (bicyclic) bond motifs is 1. The van der Waals surface area contributed by atoms with Crippen LogP contribution in [0.15, 0.2) is 59.6 Å². The van der Waals surface area contributed by atoms with Crippen molar-refractivity contribution in [1.82, 2.24) is 9.71 Å². The van der Waals surface area contributed by atoms with E-state index in [2.05, 4.69) is 15.0 Å². The van der Waals surface area contributed by atoms with E-state index >= 15 is 0 Å². The van der Waals surface area contributed by atoms with Gasteiger partial charge in [0.1, 0.15) is 4.90 Å². The predicted octanol–water partition coefficient (Wildman–Crippen LogP) is 4.92. The van der Waals surface area contributed by atoms with Crippen LogP contribution in [0.5, 0.6) is 0 Å². The van der Waals surface area contributed by atoms with Gasteiger partial charge in [0.25, 0.3) is 0 Å². The van der Waals surface area contributed by atoms with E-state index in [1.165, 1.54) is 0 Å². The van der Waals surface area contributed by atoms with Gasteiger partial charge in [-0.3, -0.25) is 9.78 Å². The van der Waals surface area contributed by atoms with E-state index in [9.17, 15) is 13.2 Å². The van der Waals surface area contributed by atoms with Gasteiger partial charge in [-0.1, -0.05) is 35.9 Å². The van der Waals surface area contributed by atoms with Crippen LogP contribution >= 0.6 is 11.6 Å². The number of rotatable bonds is 6. The highest BCUT2D eigenvalue weighted by Crippen LogP contribution is 2.30. The first kappa shape index (κ1) is 22.7. The molecule has 2 aromatic carbocycles. The molecule has 6 nitrogen and oxygen atoms in total. The minimum atomic E-state index is -3.67. The number of pyridine rings is 1. The fraction of sp³-hybridized carbons (Fsp3) is 0.333. The Morgan fingerprint density at radius 1 is 1.09 bits per heavy atom. The molecule has 0 spiro atoms. The maximum Gasteiger partial charge on any atom is 0.242 e. The summed E-state index contributed by atoms with van der Waals surface area (Å²) in [4.78, 5) is 17.1. The first-order valence-electron chi connectivity index (χ1n) is 10.7. The van der Waals surface area contributed by atoms with E-state index in [1.54, 1.807) is 30.5 Å². The zero-order valence-corrected chi connectivity index (χ0v) is 19.4. The normalized spacial score (nSPS) is 19.1. The number of halogens is 1. The first-order valence-corrected chi connectivity index (χ1v) is 12.6. The molecular formula is C24H26ClN3O3S. The van der Waals surface area contributed by atoms with Crippen molar-refractivity contribution in [1.29, 1.82) is 0 Å². The van der Waals surface area contributed by atoms with Gasteiger partial charge in [0.05, 0.1) is 5.52 Å². The third-order valence-corrected chi connectivity index (χ3v) is 7.97. The fourth-order valence-corrected chi connectivity index (χ4v) is 5.62. The molecule has 1 amide bonds. The monoisotopic (exact) mass is 471 g/mol. The molecule has 1 aliphatic rings. The Balaban J connectivity index is 1.32. The SMILES string of the molecule is Cc1ccc(NC(=O)C2CCC(CNS(=O)(=O)c3cccc4cccnc34)CC2)cc1Cl. The van der Waals surface area contributed by atoms with Gasteiger partial charge in [-0.25, -0.2) is 13.1 Å². The summed E-state index contributed by atoms with van der Waals surface area (Å²) in [5.41, 5.74) is 2.13. The molecule has 4 rings (SSSR count). The zero-order chi connectivity index (χ0) is 22.7. The summed E-state index contributed by atoms with van der Waals surface area (Å²) in [6.07, 6.45) is 4.64. The third kappa shape index (κ3) is 5.11. The summed E-state index contributed by atoms with van der Waals surface area (Å²) in [7, 11) is -3.67. The van der Waals surface area contributed by atoms with Crippen molar-refractivity contribution in [3.8, 4) is 0 Å². The Labute approximate surface area is 193 Å². The maximum absolute atomic E-state index is 12.9. The van der Waals surface area contributed by atoms with Gasteiger partial charge in [0.2, 0.25) is 15.9 Å². The molecule has 168 valence electrons. The van der Waals surface area contributed by atoms with E-state index in [-0.39, 0.29) is 22.6 Å². The Morgan fingerprint density at radius 3 is 2.59 bits per heavy atom. The Bertz CT molecular complexity index is 1230. The lowest BCUT2D eigenvalue weighted by Crippen LogP contribution is -2.33. The summed E-state index contributed by atoms with van der Waals surface area (Å²) in [5.74, 6) is 0.113. The zero-order valence-electron chi connectivity index (χ0n) is 17.8. The van der Waals surface area contributed by atoms with Crippen LogP contribution in [0.4, 0.5) is 5.69 Å². The molecule has 0 atom stereocenters. The molecule has 1 saturated carbocycles. The number of anilines is 1. The summed E-state index contributed by atoms with van der Waals surface area (Å²) in [5, 5.41) is 4.36. The van der Waals surface area contributed by atoms with Gasteiger partial charge in [0, 0.05) is 34.8 Å². The number of para-hydroxylation sites is 1. The number of hydrogen-bond donors (Lipinski definition) is 2. The smallest absolute Gasteiger partial charge is 0.242 e. The molecule has 1 aliphatic carbocycles. The Hall–Kier alpha value is -2.48. The number of nitrogens with one attached hydrogen (secondary N) is 2. The number of sulfonamides is 1. The van der Waals surface area contributed by atoms with Gasteiger partial charge < -0.3 is 5.32 Å². The molecule has 32 heavy (non-hydrogen) atoms. The number of amides is 1. The maximum atomic E-state index is 12.9. The van der Waals surface area contributed by atoms with E-state index in [0.29, 0.717) is 22.8 Å². The lowest BCUT2D eigenvalue weighted by atomic mass is 9.81. The second kappa shape index (κ2) is 9.57. The highest BCUT2D eigenvalue weighted by Gasteiger charge is 2.28. The van der Waals surface area contributed by atoms with Crippen LogP contribution in [0.2, 0.25) is 5.02 Å². The first-order chi connectivity index (χ1) is 15.3. The molecule has 1 heterocycles. The van der Waals surface area contributed by atoms with Gasteiger partial charge in [-0.05, 0) is 68.4 Å². The molecule has 8 heteroatoms. The fourth-order valence-electron chi connectivity index (χ4n) is 4.14. The second-order valence-electron chi connectivity index (χ2n) is 8.35. The Kier molecular flexibility index (Phi) is 6.79. The van der Waals surface area contributed by atoms with Crippen molar-refractivity contribution < 1.29 is 13.2 Å². The summed E-state index contributed by atoms with van der Waals surface area (Å²) < 4.78 is 28.5. The Morgan fingerprint density at radius 2 is 1.84 bits per heavy atom. The molecule has 0 bridgehead atoms. The van der Waals surface area contributed by atoms with Gasteiger partial charge in [0.15, 0.2) is 0 Å². The average molecular weight is 472 g/mol. The number of carbonyl (C=O) groups excluding carboxylic acids is 1. The van der Waals surface area contributed by atoms with E-state index < -0.39 is 10.0 Å².